The molecule has 33 heavy (non-hydrogen) atoms. The Kier molecular flexibility index (Phi) is 8.52. The minimum absolute atomic E-state index is 0.0923. The lowest BCUT2D eigenvalue weighted by molar-refractivity contribution is -0.113. The molecule has 0 radical (unpaired) electrons. The van der Waals surface area contributed by atoms with Crippen LogP contribution in [0.4, 0.5) is 5.69 Å². The molecule has 0 fully saturated rings. The molecule has 1 aromatic heterocycles. The van der Waals surface area contributed by atoms with Crippen LogP contribution in [0.1, 0.15) is 48.6 Å². The Balaban J connectivity index is 1.72. The summed E-state index contributed by atoms with van der Waals surface area (Å²) in [5.41, 5.74) is 2.20. The van der Waals surface area contributed by atoms with Crippen molar-refractivity contribution in [2.45, 2.75) is 45.4 Å². The highest BCUT2D eigenvalue weighted by molar-refractivity contribution is 7.99. The lowest BCUT2D eigenvalue weighted by Gasteiger charge is -2.22. The Labute approximate surface area is 203 Å². The number of rotatable bonds is 9. The molecule has 2 amide bonds. The van der Waals surface area contributed by atoms with E-state index in [0.717, 1.165) is 5.56 Å². The predicted molar refractivity (Wildman–Crippen MR) is 133 cm³/mol. The number of anilines is 1. The van der Waals surface area contributed by atoms with Crippen molar-refractivity contribution in [2.24, 2.45) is 5.92 Å². The summed E-state index contributed by atoms with van der Waals surface area (Å²) in [5, 5.41) is 15.7. The molecule has 1 heterocycles. The van der Waals surface area contributed by atoms with Gasteiger partial charge in [-0.15, -0.1) is 10.2 Å². The Morgan fingerprint density at radius 2 is 1.88 bits per heavy atom. The highest BCUT2D eigenvalue weighted by Crippen LogP contribution is 2.26. The molecule has 3 aromatic rings. The summed E-state index contributed by atoms with van der Waals surface area (Å²) in [6.07, 6.45) is 0. The van der Waals surface area contributed by atoms with Crippen molar-refractivity contribution >= 4 is 40.9 Å². The number of amides is 2. The van der Waals surface area contributed by atoms with E-state index in [0.29, 0.717) is 33.8 Å². The van der Waals surface area contributed by atoms with Crippen molar-refractivity contribution in [3.05, 3.63) is 70.5 Å². The van der Waals surface area contributed by atoms with Gasteiger partial charge in [0.1, 0.15) is 0 Å². The number of benzene rings is 2. The Hall–Kier alpha value is -2.84. The zero-order valence-electron chi connectivity index (χ0n) is 19.1. The number of para-hydroxylation sites is 1. The second kappa shape index (κ2) is 11.3. The van der Waals surface area contributed by atoms with Gasteiger partial charge in [0, 0.05) is 12.1 Å². The Morgan fingerprint density at radius 3 is 2.55 bits per heavy atom. The standard InChI is InChI=1S/C24H28ClN5O2S/c1-5-30-22(21(15(2)3)27-23(32)17-10-8-9-16(4)13-17)28-29-24(30)33-14-20(31)26-19-12-7-6-11-18(19)25/h6-13,15,21H,5,14H2,1-4H3,(H,26,31)(H,27,32)/t21-/m1/s1. The fourth-order valence-electron chi connectivity index (χ4n) is 3.35. The van der Waals surface area contributed by atoms with Gasteiger partial charge in [0.15, 0.2) is 11.0 Å². The monoisotopic (exact) mass is 485 g/mol. The normalized spacial score (nSPS) is 11.9. The maximum absolute atomic E-state index is 12.9. The highest BCUT2D eigenvalue weighted by atomic mass is 35.5. The van der Waals surface area contributed by atoms with Crippen LogP contribution in [0.15, 0.2) is 53.7 Å². The van der Waals surface area contributed by atoms with E-state index in [9.17, 15) is 9.59 Å². The van der Waals surface area contributed by atoms with E-state index < -0.39 is 0 Å². The summed E-state index contributed by atoms with van der Waals surface area (Å²) in [7, 11) is 0. The van der Waals surface area contributed by atoms with E-state index in [1.807, 2.05) is 56.5 Å². The average Bonchev–Trinajstić information content (AvgIpc) is 3.19. The Bertz CT molecular complexity index is 1130. The van der Waals surface area contributed by atoms with Crippen LogP contribution in [0.2, 0.25) is 5.02 Å². The number of carbonyl (C=O) groups is 2. The third-order valence-corrected chi connectivity index (χ3v) is 6.35. The van der Waals surface area contributed by atoms with E-state index in [1.54, 1.807) is 24.3 Å². The number of halogens is 1. The van der Waals surface area contributed by atoms with Crippen LogP contribution in [0.25, 0.3) is 0 Å². The van der Waals surface area contributed by atoms with Crippen molar-refractivity contribution < 1.29 is 9.59 Å². The molecule has 1 atom stereocenters. The van der Waals surface area contributed by atoms with Gasteiger partial charge in [0.25, 0.3) is 5.91 Å². The van der Waals surface area contributed by atoms with Gasteiger partial charge in [0.05, 0.1) is 22.5 Å². The van der Waals surface area contributed by atoms with Crippen molar-refractivity contribution in [2.75, 3.05) is 11.1 Å². The topological polar surface area (TPSA) is 88.9 Å². The third-order valence-electron chi connectivity index (χ3n) is 5.05. The number of thioether (sulfide) groups is 1. The molecular formula is C24H28ClN5O2S. The first-order chi connectivity index (χ1) is 15.8. The van der Waals surface area contributed by atoms with Crippen LogP contribution in [0.5, 0.6) is 0 Å². The summed E-state index contributed by atoms with van der Waals surface area (Å²) in [5.74, 6) is 0.577. The molecule has 174 valence electrons. The molecule has 3 rings (SSSR count). The molecule has 0 spiro atoms. The maximum Gasteiger partial charge on any atom is 0.251 e. The molecule has 0 saturated heterocycles. The number of nitrogens with zero attached hydrogens (tertiary/aromatic N) is 3. The largest absolute Gasteiger partial charge is 0.342 e. The van der Waals surface area contributed by atoms with E-state index in [4.69, 9.17) is 11.6 Å². The molecule has 7 nitrogen and oxygen atoms in total. The molecular weight excluding hydrogens is 458 g/mol. The molecule has 0 aliphatic rings. The zero-order chi connectivity index (χ0) is 24.0. The predicted octanol–water partition coefficient (Wildman–Crippen LogP) is 5.12. The Morgan fingerprint density at radius 1 is 1.12 bits per heavy atom. The molecule has 0 bridgehead atoms. The summed E-state index contributed by atoms with van der Waals surface area (Å²) in [6, 6.07) is 14.2. The number of carbonyl (C=O) groups excluding carboxylic acids is 2. The molecule has 0 saturated carbocycles. The molecule has 0 aliphatic carbocycles. The first kappa shape index (κ1) is 24.8. The van der Waals surface area contributed by atoms with Gasteiger partial charge in [0.2, 0.25) is 5.91 Å². The second-order valence-electron chi connectivity index (χ2n) is 7.97. The third kappa shape index (κ3) is 6.36. The van der Waals surface area contributed by atoms with Crippen LogP contribution in [0, 0.1) is 12.8 Å². The van der Waals surface area contributed by atoms with E-state index >= 15 is 0 Å². The quantitative estimate of drug-likeness (QED) is 0.411. The second-order valence-corrected chi connectivity index (χ2v) is 9.32. The number of aryl methyl sites for hydroxylation is 1. The number of hydrogen-bond acceptors (Lipinski definition) is 5. The lowest BCUT2D eigenvalue weighted by atomic mass is 10.0. The van der Waals surface area contributed by atoms with E-state index in [1.165, 1.54) is 11.8 Å². The first-order valence-electron chi connectivity index (χ1n) is 10.8. The van der Waals surface area contributed by atoms with Gasteiger partial charge >= 0.3 is 0 Å². The number of nitrogens with one attached hydrogen (secondary N) is 2. The average molecular weight is 486 g/mol. The van der Waals surface area contributed by atoms with Gasteiger partial charge in [-0.3, -0.25) is 9.59 Å². The minimum atomic E-state index is -0.322. The van der Waals surface area contributed by atoms with Gasteiger partial charge in [-0.25, -0.2) is 0 Å². The molecule has 2 aromatic carbocycles. The van der Waals surface area contributed by atoms with Crippen LogP contribution >= 0.6 is 23.4 Å². The summed E-state index contributed by atoms with van der Waals surface area (Å²) < 4.78 is 1.94. The van der Waals surface area contributed by atoms with Crippen molar-refractivity contribution in [3.8, 4) is 0 Å². The lowest BCUT2D eigenvalue weighted by Crippen LogP contribution is -2.33. The van der Waals surface area contributed by atoms with Crippen LogP contribution in [-0.2, 0) is 11.3 Å². The molecule has 0 unspecified atom stereocenters. The van der Waals surface area contributed by atoms with Crippen molar-refractivity contribution in [3.63, 3.8) is 0 Å². The van der Waals surface area contributed by atoms with E-state index in [-0.39, 0.29) is 29.5 Å². The SMILES string of the molecule is CCn1c(SCC(=O)Nc2ccccc2Cl)nnc1[C@H](NC(=O)c1cccc(C)c1)C(C)C. The van der Waals surface area contributed by atoms with E-state index in [2.05, 4.69) is 20.8 Å². The minimum Gasteiger partial charge on any atom is -0.342 e. The van der Waals surface area contributed by atoms with Crippen LogP contribution in [-0.4, -0.2) is 32.3 Å². The van der Waals surface area contributed by atoms with Gasteiger partial charge < -0.3 is 15.2 Å². The maximum atomic E-state index is 12.9. The van der Waals surface area contributed by atoms with Gasteiger partial charge in [-0.1, -0.05) is 67.0 Å². The van der Waals surface area contributed by atoms with Crippen molar-refractivity contribution in [1.29, 1.82) is 0 Å². The number of aromatic nitrogens is 3. The van der Waals surface area contributed by atoms with Gasteiger partial charge in [-0.2, -0.15) is 0 Å². The van der Waals surface area contributed by atoms with Gasteiger partial charge in [-0.05, 0) is 44.0 Å². The highest BCUT2D eigenvalue weighted by Gasteiger charge is 2.26. The molecule has 2 N–H and O–H groups in total. The first-order valence-corrected chi connectivity index (χ1v) is 12.1. The summed E-state index contributed by atoms with van der Waals surface area (Å²) in [6.45, 7) is 8.61. The fourth-order valence-corrected chi connectivity index (χ4v) is 4.35. The number of hydrogen-bond donors (Lipinski definition) is 2. The summed E-state index contributed by atoms with van der Waals surface area (Å²) in [4.78, 5) is 25.3. The fraction of sp³-hybridized carbons (Fsp3) is 0.333. The van der Waals surface area contributed by atoms with Crippen LogP contribution in [0.3, 0.4) is 0 Å². The zero-order valence-corrected chi connectivity index (χ0v) is 20.7. The molecule has 0 aliphatic heterocycles. The van der Waals surface area contributed by atoms with Crippen LogP contribution < -0.4 is 10.6 Å². The smallest absolute Gasteiger partial charge is 0.251 e. The molecule has 9 heteroatoms. The van der Waals surface area contributed by atoms with Crippen molar-refractivity contribution in [1.82, 2.24) is 20.1 Å². The summed E-state index contributed by atoms with van der Waals surface area (Å²) >= 11 is 7.41.